The monoisotopic (exact) mass is 395 g/mol. The van der Waals surface area contributed by atoms with Gasteiger partial charge in [-0.3, -0.25) is 9.48 Å². The molecule has 8 nitrogen and oxygen atoms in total. The van der Waals surface area contributed by atoms with Crippen LogP contribution in [0.25, 0.3) is 11.3 Å². The van der Waals surface area contributed by atoms with Gasteiger partial charge in [-0.2, -0.15) is 5.10 Å². The molecule has 0 saturated carbocycles. The van der Waals surface area contributed by atoms with E-state index in [1.807, 2.05) is 53.9 Å². The molecule has 4 heterocycles. The van der Waals surface area contributed by atoms with Gasteiger partial charge in [-0.1, -0.05) is 11.2 Å². The fourth-order valence-corrected chi connectivity index (χ4v) is 3.66. The maximum atomic E-state index is 12.6. The number of carbonyl (C=O) groups is 1. The number of rotatable bonds is 6. The standard InChI is InChI=1S/C21H25N5O3/c1-15-21(16(2)29-24-15)18-7-3-6-17(23-18)19-14-25(12-13-28-19)20(27)8-4-10-26-11-5-9-22-26/h3,5-7,9,11,19H,4,8,10,12-14H2,1-2H3/t19-/m1/s1. The molecular weight excluding hydrogens is 370 g/mol. The first-order chi connectivity index (χ1) is 14.1. The summed E-state index contributed by atoms with van der Waals surface area (Å²) in [6, 6.07) is 7.73. The van der Waals surface area contributed by atoms with Crippen LogP contribution in [0.5, 0.6) is 0 Å². The molecule has 0 N–H and O–H groups in total. The number of carbonyl (C=O) groups excluding carboxylic acids is 1. The highest BCUT2D eigenvalue weighted by Crippen LogP contribution is 2.28. The van der Waals surface area contributed by atoms with Gasteiger partial charge in [0, 0.05) is 31.9 Å². The molecule has 1 saturated heterocycles. The second-order valence-electron chi connectivity index (χ2n) is 7.22. The Labute approximate surface area is 169 Å². The first-order valence-corrected chi connectivity index (χ1v) is 9.89. The molecule has 0 unspecified atom stereocenters. The van der Waals surface area contributed by atoms with Gasteiger partial charge < -0.3 is 14.2 Å². The third-order valence-corrected chi connectivity index (χ3v) is 5.15. The first-order valence-electron chi connectivity index (χ1n) is 9.89. The van der Waals surface area contributed by atoms with Crippen molar-refractivity contribution >= 4 is 5.91 Å². The lowest BCUT2D eigenvalue weighted by Crippen LogP contribution is -2.42. The summed E-state index contributed by atoms with van der Waals surface area (Å²) in [6.45, 7) is 6.16. The molecule has 0 bridgehead atoms. The van der Waals surface area contributed by atoms with Crippen molar-refractivity contribution in [1.82, 2.24) is 24.8 Å². The van der Waals surface area contributed by atoms with E-state index in [-0.39, 0.29) is 12.0 Å². The summed E-state index contributed by atoms with van der Waals surface area (Å²) < 4.78 is 13.0. The van der Waals surface area contributed by atoms with E-state index in [1.54, 1.807) is 6.20 Å². The SMILES string of the molecule is Cc1noc(C)c1-c1cccc([C@H]2CN(C(=O)CCCn3cccn3)CCO2)n1. The summed E-state index contributed by atoms with van der Waals surface area (Å²) in [5, 5.41) is 8.18. The van der Waals surface area contributed by atoms with E-state index in [0.29, 0.717) is 26.1 Å². The minimum absolute atomic E-state index is 0.146. The van der Waals surface area contributed by atoms with Gasteiger partial charge in [-0.25, -0.2) is 4.98 Å². The second-order valence-corrected chi connectivity index (χ2v) is 7.22. The highest BCUT2D eigenvalue weighted by atomic mass is 16.5. The summed E-state index contributed by atoms with van der Waals surface area (Å²) >= 11 is 0. The molecule has 0 spiro atoms. The van der Waals surface area contributed by atoms with E-state index >= 15 is 0 Å². The molecule has 8 heteroatoms. The Bertz CT molecular complexity index is 947. The minimum atomic E-state index is -0.237. The summed E-state index contributed by atoms with van der Waals surface area (Å²) in [7, 11) is 0. The molecule has 1 aliphatic rings. The molecule has 29 heavy (non-hydrogen) atoms. The van der Waals surface area contributed by atoms with Gasteiger partial charge in [0.2, 0.25) is 5.91 Å². The molecule has 1 fully saturated rings. The third kappa shape index (κ3) is 4.37. The van der Waals surface area contributed by atoms with Crippen LogP contribution in [0.1, 0.15) is 36.1 Å². The quantitative estimate of drug-likeness (QED) is 0.638. The van der Waals surface area contributed by atoms with Crippen LogP contribution in [-0.2, 0) is 16.1 Å². The maximum absolute atomic E-state index is 12.6. The predicted molar refractivity (Wildman–Crippen MR) is 106 cm³/mol. The van der Waals surface area contributed by atoms with Gasteiger partial charge in [-0.15, -0.1) is 0 Å². The molecule has 1 aliphatic heterocycles. The van der Waals surface area contributed by atoms with E-state index in [1.165, 1.54) is 0 Å². The molecule has 1 atom stereocenters. The summed E-state index contributed by atoms with van der Waals surface area (Å²) in [5.74, 6) is 0.887. The van der Waals surface area contributed by atoms with E-state index in [0.717, 1.165) is 41.4 Å². The van der Waals surface area contributed by atoms with Crippen LogP contribution >= 0.6 is 0 Å². The van der Waals surface area contributed by atoms with Crippen LogP contribution in [0, 0.1) is 13.8 Å². The lowest BCUT2D eigenvalue weighted by Gasteiger charge is -2.33. The molecule has 0 radical (unpaired) electrons. The third-order valence-electron chi connectivity index (χ3n) is 5.15. The van der Waals surface area contributed by atoms with Crippen molar-refractivity contribution in [3.05, 3.63) is 53.8 Å². The Morgan fingerprint density at radius 1 is 1.28 bits per heavy atom. The fourth-order valence-electron chi connectivity index (χ4n) is 3.66. The molecule has 3 aromatic heterocycles. The zero-order valence-corrected chi connectivity index (χ0v) is 16.7. The fraction of sp³-hybridized carbons (Fsp3) is 0.429. The summed E-state index contributed by atoms with van der Waals surface area (Å²) in [4.78, 5) is 19.3. The zero-order chi connectivity index (χ0) is 20.2. The smallest absolute Gasteiger partial charge is 0.222 e. The van der Waals surface area contributed by atoms with Gasteiger partial charge in [-0.05, 0) is 38.5 Å². The van der Waals surface area contributed by atoms with Crippen molar-refractivity contribution in [2.45, 2.75) is 39.3 Å². The van der Waals surface area contributed by atoms with Crippen LogP contribution in [-0.4, -0.2) is 50.4 Å². The average Bonchev–Trinajstić information content (AvgIpc) is 3.37. The van der Waals surface area contributed by atoms with Crippen molar-refractivity contribution in [3.63, 3.8) is 0 Å². The van der Waals surface area contributed by atoms with E-state index < -0.39 is 0 Å². The molecular formula is C21H25N5O3. The minimum Gasteiger partial charge on any atom is -0.368 e. The summed E-state index contributed by atoms with van der Waals surface area (Å²) in [6.07, 6.45) is 4.69. The van der Waals surface area contributed by atoms with Crippen molar-refractivity contribution in [3.8, 4) is 11.3 Å². The van der Waals surface area contributed by atoms with Crippen LogP contribution in [0.4, 0.5) is 0 Å². The molecule has 0 aliphatic carbocycles. The molecule has 1 amide bonds. The molecule has 0 aromatic carbocycles. The lowest BCUT2D eigenvalue weighted by atomic mass is 10.1. The first kappa shape index (κ1) is 19.3. The highest BCUT2D eigenvalue weighted by Gasteiger charge is 2.26. The number of hydrogen-bond acceptors (Lipinski definition) is 6. The van der Waals surface area contributed by atoms with E-state index in [2.05, 4.69) is 10.3 Å². The van der Waals surface area contributed by atoms with Crippen LogP contribution < -0.4 is 0 Å². The number of nitrogens with zero attached hydrogens (tertiary/aromatic N) is 5. The van der Waals surface area contributed by atoms with E-state index in [9.17, 15) is 4.79 Å². The Kier molecular flexibility index (Phi) is 5.71. The number of aromatic nitrogens is 4. The Balaban J connectivity index is 1.40. The number of morpholine rings is 1. The largest absolute Gasteiger partial charge is 0.368 e. The van der Waals surface area contributed by atoms with Crippen molar-refractivity contribution in [2.75, 3.05) is 19.7 Å². The van der Waals surface area contributed by atoms with Crippen LogP contribution in [0.2, 0.25) is 0 Å². The highest BCUT2D eigenvalue weighted by molar-refractivity contribution is 5.76. The van der Waals surface area contributed by atoms with Crippen molar-refractivity contribution in [1.29, 1.82) is 0 Å². The molecule has 4 rings (SSSR count). The number of pyridine rings is 1. The number of hydrogen-bond donors (Lipinski definition) is 0. The van der Waals surface area contributed by atoms with Crippen molar-refractivity contribution in [2.24, 2.45) is 0 Å². The van der Waals surface area contributed by atoms with Gasteiger partial charge in [0.1, 0.15) is 11.9 Å². The van der Waals surface area contributed by atoms with E-state index in [4.69, 9.17) is 14.2 Å². The molecule has 152 valence electrons. The zero-order valence-electron chi connectivity index (χ0n) is 16.7. The van der Waals surface area contributed by atoms with Gasteiger partial charge in [0.05, 0.1) is 35.8 Å². The van der Waals surface area contributed by atoms with Crippen LogP contribution in [0.15, 0.2) is 41.2 Å². The number of amides is 1. The van der Waals surface area contributed by atoms with Crippen molar-refractivity contribution < 1.29 is 14.1 Å². The molecule has 3 aromatic rings. The lowest BCUT2D eigenvalue weighted by molar-refractivity contribution is -0.139. The van der Waals surface area contributed by atoms with Gasteiger partial charge in [0.15, 0.2) is 0 Å². The number of aryl methyl sites for hydroxylation is 3. The Morgan fingerprint density at radius 2 is 2.17 bits per heavy atom. The normalized spacial score (nSPS) is 16.9. The predicted octanol–water partition coefficient (Wildman–Crippen LogP) is 2.93. The average molecular weight is 395 g/mol. The Hall–Kier alpha value is -3.00. The topological polar surface area (TPSA) is 86.3 Å². The van der Waals surface area contributed by atoms with Crippen LogP contribution in [0.3, 0.4) is 0 Å². The summed E-state index contributed by atoms with van der Waals surface area (Å²) in [5.41, 5.74) is 3.35. The maximum Gasteiger partial charge on any atom is 0.222 e. The number of ether oxygens (including phenoxy) is 1. The van der Waals surface area contributed by atoms with Gasteiger partial charge in [0.25, 0.3) is 0 Å². The Morgan fingerprint density at radius 3 is 2.93 bits per heavy atom. The second kappa shape index (κ2) is 8.57. The van der Waals surface area contributed by atoms with Gasteiger partial charge >= 0.3 is 0 Å².